The van der Waals surface area contributed by atoms with Crippen LogP contribution < -0.4 is 9.80 Å². The Morgan fingerprint density at radius 3 is 2.48 bits per heavy atom. The number of aliphatic hydroxyl groups is 1. The first-order valence-corrected chi connectivity index (χ1v) is 8.04. The topological polar surface area (TPSA) is 65.4 Å². The maximum Gasteiger partial charge on any atom is 0.231 e. The van der Waals surface area contributed by atoms with Crippen LogP contribution in [0.25, 0.3) is 0 Å². The van der Waals surface area contributed by atoms with Crippen molar-refractivity contribution in [3.8, 4) is 0 Å². The first kappa shape index (κ1) is 14.8. The highest BCUT2D eigenvalue weighted by Gasteiger charge is 2.33. The van der Waals surface area contributed by atoms with E-state index >= 15 is 0 Å². The molecule has 1 aliphatic heterocycles. The summed E-state index contributed by atoms with van der Waals surface area (Å²) in [4.78, 5) is 17.0. The quantitative estimate of drug-likeness (QED) is 0.915. The van der Waals surface area contributed by atoms with E-state index in [-0.39, 0.29) is 5.28 Å². The first-order chi connectivity index (χ1) is 10.1. The molecule has 0 bridgehead atoms. The fraction of sp³-hybridized carbons (Fsp3) is 0.786. The third kappa shape index (κ3) is 3.37. The number of rotatable bonds is 4. The summed E-state index contributed by atoms with van der Waals surface area (Å²) in [5, 5.41) is 10.7. The van der Waals surface area contributed by atoms with E-state index in [1.807, 2.05) is 11.9 Å². The number of hydrogen-bond acceptors (Lipinski definition) is 6. The minimum Gasteiger partial charge on any atom is -0.388 e. The summed E-state index contributed by atoms with van der Waals surface area (Å²) in [5.41, 5.74) is -0.623. The summed E-state index contributed by atoms with van der Waals surface area (Å²) >= 11 is 6.05. The SMILES string of the molecule is CN(CC1(O)CCCC1)c1nc(Cl)nc(N2CCCC2)n1. The van der Waals surface area contributed by atoms with Crippen LogP contribution in [0.2, 0.25) is 5.28 Å². The molecule has 1 aromatic rings. The molecule has 1 saturated carbocycles. The van der Waals surface area contributed by atoms with Crippen molar-refractivity contribution in [1.82, 2.24) is 15.0 Å². The Kier molecular flexibility index (Phi) is 4.17. The van der Waals surface area contributed by atoms with Gasteiger partial charge in [0.25, 0.3) is 0 Å². The lowest BCUT2D eigenvalue weighted by molar-refractivity contribution is 0.0556. The Morgan fingerprint density at radius 2 is 1.81 bits per heavy atom. The molecular formula is C14H22ClN5O. The molecule has 3 rings (SSSR count). The zero-order valence-electron chi connectivity index (χ0n) is 12.4. The number of anilines is 2. The number of likely N-dealkylation sites (N-methyl/N-ethyl adjacent to an activating group) is 1. The summed E-state index contributed by atoms with van der Waals surface area (Å²) in [5.74, 6) is 1.19. The molecule has 0 amide bonds. The van der Waals surface area contributed by atoms with Gasteiger partial charge in [0, 0.05) is 26.7 Å². The average Bonchev–Trinajstić information content (AvgIpc) is 3.09. The van der Waals surface area contributed by atoms with Crippen molar-refractivity contribution in [2.75, 3.05) is 36.5 Å². The van der Waals surface area contributed by atoms with Crippen LogP contribution in [0.4, 0.5) is 11.9 Å². The number of halogens is 1. The Morgan fingerprint density at radius 1 is 1.14 bits per heavy atom. The zero-order chi connectivity index (χ0) is 14.9. The van der Waals surface area contributed by atoms with Crippen molar-refractivity contribution < 1.29 is 5.11 Å². The van der Waals surface area contributed by atoms with Gasteiger partial charge in [-0.1, -0.05) is 12.8 Å². The zero-order valence-corrected chi connectivity index (χ0v) is 13.2. The Balaban J connectivity index is 1.77. The van der Waals surface area contributed by atoms with Gasteiger partial charge in [-0.3, -0.25) is 0 Å². The molecule has 0 spiro atoms. The van der Waals surface area contributed by atoms with Crippen LogP contribution >= 0.6 is 11.6 Å². The van der Waals surface area contributed by atoms with Crippen LogP contribution in [0.3, 0.4) is 0 Å². The van der Waals surface area contributed by atoms with Crippen LogP contribution in [-0.4, -0.2) is 52.3 Å². The predicted octanol–water partition coefficient (Wildman–Crippen LogP) is 1.87. The van der Waals surface area contributed by atoms with Crippen LogP contribution in [0.1, 0.15) is 38.5 Å². The van der Waals surface area contributed by atoms with E-state index in [0.29, 0.717) is 18.4 Å². The van der Waals surface area contributed by atoms with Gasteiger partial charge in [-0.25, -0.2) is 0 Å². The molecule has 21 heavy (non-hydrogen) atoms. The predicted molar refractivity (Wildman–Crippen MR) is 83.0 cm³/mol. The second kappa shape index (κ2) is 5.93. The highest BCUT2D eigenvalue weighted by atomic mass is 35.5. The van der Waals surface area contributed by atoms with Crippen LogP contribution in [-0.2, 0) is 0 Å². The molecule has 2 heterocycles. The maximum atomic E-state index is 10.5. The molecule has 6 nitrogen and oxygen atoms in total. The fourth-order valence-electron chi connectivity index (χ4n) is 3.26. The lowest BCUT2D eigenvalue weighted by atomic mass is 10.0. The highest BCUT2D eigenvalue weighted by molar-refractivity contribution is 6.28. The van der Waals surface area contributed by atoms with Gasteiger partial charge in [-0.15, -0.1) is 0 Å². The molecule has 1 saturated heterocycles. The third-order valence-corrected chi connectivity index (χ3v) is 4.55. The van der Waals surface area contributed by atoms with Crippen molar-refractivity contribution in [3.63, 3.8) is 0 Å². The van der Waals surface area contributed by atoms with Crippen molar-refractivity contribution in [3.05, 3.63) is 5.28 Å². The minimum absolute atomic E-state index is 0.215. The number of nitrogens with zero attached hydrogens (tertiary/aromatic N) is 5. The molecule has 1 N–H and O–H groups in total. The molecule has 116 valence electrons. The number of aromatic nitrogens is 3. The highest BCUT2D eigenvalue weighted by Crippen LogP contribution is 2.31. The summed E-state index contributed by atoms with van der Waals surface area (Å²) in [6, 6.07) is 0. The van der Waals surface area contributed by atoms with E-state index in [4.69, 9.17) is 11.6 Å². The van der Waals surface area contributed by atoms with Crippen molar-refractivity contribution in [2.24, 2.45) is 0 Å². The van der Waals surface area contributed by atoms with Gasteiger partial charge in [-0.05, 0) is 37.3 Å². The Hall–Kier alpha value is -1.14. The standard InChI is InChI=1S/C14H22ClN5O/c1-19(10-14(21)6-2-3-7-14)12-16-11(15)17-13(18-12)20-8-4-5-9-20/h21H,2-10H2,1H3. The number of hydrogen-bond donors (Lipinski definition) is 1. The van der Waals surface area contributed by atoms with E-state index in [2.05, 4.69) is 19.9 Å². The Bertz CT molecular complexity index is 500. The first-order valence-electron chi connectivity index (χ1n) is 7.66. The Labute approximate surface area is 130 Å². The van der Waals surface area contributed by atoms with E-state index in [1.165, 1.54) is 0 Å². The molecule has 0 atom stereocenters. The van der Waals surface area contributed by atoms with Gasteiger partial charge in [-0.2, -0.15) is 15.0 Å². The molecule has 1 aliphatic carbocycles. The summed E-state index contributed by atoms with van der Waals surface area (Å²) in [7, 11) is 1.90. The minimum atomic E-state index is -0.623. The largest absolute Gasteiger partial charge is 0.388 e. The van der Waals surface area contributed by atoms with Gasteiger partial charge < -0.3 is 14.9 Å². The van der Waals surface area contributed by atoms with Gasteiger partial charge in [0.05, 0.1) is 5.60 Å². The lowest BCUT2D eigenvalue weighted by Crippen LogP contribution is -2.40. The van der Waals surface area contributed by atoms with Crippen molar-refractivity contribution in [2.45, 2.75) is 44.1 Å². The molecule has 0 unspecified atom stereocenters. The molecule has 2 aliphatic rings. The molecule has 0 aromatic carbocycles. The third-order valence-electron chi connectivity index (χ3n) is 4.38. The molecule has 0 radical (unpaired) electrons. The summed E-state index contributed by atoms with van der Waals surface area (Å²) in [6.07, 6.45) is 6.18. The van der Waals surface area contributed by atoms with Crippen molar-refractivity contribution in [1.29, 1.82) is 0 Å². The van der Waals surface area contributed by atoms with Crippen LogP contribution in [0, 0.1) is 0 Å². The van der Waals surface area contributed by atoms with E-state index in [0.717, 1.165) is 51.6 Å². The van der Waals surface area contributed by atoms with E-state index < -0.39 is 5.60 Å². The average molecular weight is 312 g/mol. The maximum absolute atomic E-state index is 10.5. The molecule has 2 fully saturated rings. The second-order valence-corrected chi connectivity index (χ2v) is 6.52. The monoisotopic (exact) mass is 311 g/mol. The van der Waals surface area contributed by atoms with Gasteiger partial charge in [0.2, 0.25) is 17.2 Å². The molecule has 7 heteroatoms. The smallest absolute Gasteiger partial charge is 0.231 e. The van der Waals surface area contributed by atoms with Gasteiger partial charge in [0.15, 0.2) is 0 Å². The van der Waals surface area contributed by atoms with Gasteiger partial charge in [0.1, 0.15) is 0 Å². The van der Waals surface area contributed by atoms with Crippen molar-refractivity contribution >= 4 is 23.5 Å². The second-order valence-electron chi connectivity index (χ2n) is 6.19. The van der Waals surface area contributed by atoms with Crippen LogP contribution in [0.5, 0.6) is 0 Å². The van der Waals surface area contributed by atoms with Gasteiger partial charge >= 0.3 is 0 Å². The van der Waals surface area contributed by atoms with E-state index in [1.54, 1.807) is 0 Å². The lowest BCUT2D eigenvalue weighted by Gasteiger charge is -2.29. The molecular weight excluding hydrogens is 290 g/mol. The molecule has 1 aromatic heterocycles. The van der Waals surface area contributed by atoms with Crippen LogP contribution in [0.15, 0.2) is 0 Å². The van der Waals surface area contributed by atoms with E-state index in [9.17, 15) is 5.11 Å². The summed E-state index contributed by atoms with van der Waals surface area (Å²) < 4.78 is 0. The fourth-order valence-corrected chi connectivity index (χ4v) is 3.41. The summed E-state index contributed by atoms with van der Waals surface area (Å²) in [6.45, 7) is 2.47. The normalized spacial score (nSPS) is 21.0.